The molecular formula is C30H48O2. The number of ketones is 1. The Morgan fingerprint density at radius 1 is 0.906 bits per heavy atom. The van der Waals surface area contributed by atoms with Crippen LogP contribution < -0.4 is 0 Å². The van der Waals surface area contributed by atoms with Gasteiger partial charge in [-0.15, -0.1) is 0 Å². The van der Waals surface area contributed by atoms with E-state index in [1.165, 1.54) is 56.9 Å². The molecule has 0 saturated heterocycles. The molecule has 5 fully saturated rings. The number of aliphatic hydroxyl groups is 1. The van der Waals surface area contributed by atoms with E-state index in [0.717, 1.165) is 12.8 Å². The molecule has 0 bridgehead atoms. The summed E-state index contributed by atoms with van der Waals surface area (Å²) in [6.07, 6.45) is 11.9. The molecule has 0 aliphatic heterocycles. The smallest absolute Gasteiger partial charge is 0.138 e. The zero-order chi connectivity index (χ0) is 23.3. The Kier molecular flexibility index (Phi) is 5.03. The number of fused-ring (bicyclic) bond motifs is 7. The highest BCUT2D eigenvalue weighted by atomic mass is 16.3. The van der Waals surface area contributed by atoms with Crippen LogP contribution in [0.4, 0.5) is 0 Å². The molecule has 1 N–H and O–H groups in total. The fraction of sp³-hybridized carbons (Fsp3) is 0.900. The van der Waals surface area contributed by atoms with Crippen LogP contribution >= 0.6 is 0 Å². The van der Waals surface area contributed by atoms with E-state index in [1.54, 1.807) is 0 Å². The zero-order valence-electron chi connectivity index (χ0n) is 21.7. The van der Waals surface area contributed by atoms with Crippen molar-refractivity contribution < 1.29 is 9.90 Å². The molecule has 0 radical (unpaired) electrons. The van der Waals surface area contributed by atoms with Crippen LogP contribution in [0.2, 0.25) is 0 Å². The second kappa shape index (κ2) is 6.96. The Bertz CT molecular complexity index is 827. The van der Waals surface area contributed by atoms with Crippen LogP contribution in [0.1, 0.15) is 106 Å². The zero-order valence-corrected chi connectivity index (χ0v) is 21.7. The van der Waals surface area contributed by atoms with Crippen molar-refractivity contribution in [3.8, 4) is 0 Å². The van der Waals surface area contributed by atoms with E-state index in [-0.39, 0.29) is 16.2 Å². The van der Waals surface area contributed by atoms with E-state index < -0.39 is 0 Å². The molecule has 2 nitrogen and oxygen atoms in total. The lowest BCUT2D eigenvalue weighted by molar-refractivity contribution is -0.236. The molecule has 5 rings (SSSR count). The van der Waals surface area contributed by atoms with Gasteiger partial charge in [-0.05, 0) is 116 Å². The summed E-state index contributed by atoms with van der Waals surface area (Å²) in [5.74, 6) is 3.65. The number of hydrogen-bond donors (Lipinski definition) is 1. The lowest BCUT2D eigenvalue weighted by Gasteiger charge is -2.72. The van der Waals surface area contributed by atoms with Gasteiger partial charge in [-0.25, -0.2) is 0 Å². The molecule has 5 aliphatic carbocycles. The quantitative estimate of drug-likeness (QED) is 0.461. The van der Waals surface area contributed by atoms with Crippen molar-refractivity contribution in [1.29, 1.82) is 0 Å². The molecule has 0 spiro atoms. The van der Waals surface area contributed by atoms with Crippen molar-refractivity contribution in [2.45, 2.75) is 106 Å². The van der Waals surface area contributed by atoms with Gasteiger partial charge in [0.15, 0.2) is 0 Å². The summed E-state index contributed by atoms with van der Waals surface area (Å²) >= 11 is 0. The average molecular weight is 441 g/mol. The highest BCUT2D eigenvalue weighted by molar-refractivity contribution is 5.85. The van der Waals surface area contributed by atoms with E-state index >= 15 is 0 Å². The van der Waals surface area contributed by atoms with Gasteiger partial charge in [-0.3, -0.25) is 4.79 Å². The standard InChI is InChI=1S/C30H48O2/c1-19(2)20-10-15-30(18-31)17-16-28(6)21(25(20)30)8-9-23-27(5)13-12-24(32)26(3,4)22(27)11-14-29(23,28)7/h20-23,25,31H,1,8-18H2,2-7H3/t20-,21+,22?,23+,25+,27-,28+,29+,30+/m0/s1. The summed E-state index contributed by atoms with van der Waals surface area (Å²) in [6, 6.07) is 0. The van der Waals surface area contributed by atoms with Crippen molar-refractivity contribution in [3.63, 3.8) is 0 Å². The van der Waals surface area contributed by atoms with Gasteiger partial charge in [0.1, 0.15) is 5.78 Å². The summed E-state index contributed by atoms with van der Waals surface area (Å²) in [7, 11) is 0. The molecule has 9 atom stereocenters. The minimum absolute atomic E-state index is 0.136. The Labute approximate surface area is 197 Å². The first-order valence-corrected chi connectivity index (χ1v) is 13.7. The number of allylic oxidation sites excluding steroid dienone is 1. The molecular weight excluding hydrogens is 392 g/mol. The van der Waals surface area contributed by atoms with Crippen LogP contribution in [-0.2, 0) is 4.79 Å². The lowest BCUT2D eigenvalue weighted by atomic mass is 9.32. The van der Waals surface area contributed by atoms with Gasteiger partial charge in [0.25, 0.3) is 0 Å². The largest absolute Gasteiger partial charge is 0.396 e. The van der Waals surface area contributed by atoms with Crippen LogP contribution in [0.3, 0.4) is 0 Å². The maximum absolute atomic E-state index is 12.9. The molecule has 5 aliphatic rings. The molecule has 5 saturated carbocycles. The lowest BCUT2D eigenvalue weighted by Crippen LogP contribution is -2.66. The van der Waals surface area contributed by atoms with E-state index in [9.17, 15) is 9.90 Å². The maximum atomic E-state index is 12.9. The summed E-state index contributed by atoms with van der Waals surface area (Å²) < 4.78 is 0. The molecule has 0 aromatic rings. The van der Waals surface area contributed by atoms with Gasteiger partial charge in [-0.1, -0.05) is 46.8 Å². The Hall–Kier alpha value is -0.630. The number of aliphatic hydroxyl groups excluding tert-OH is 1. The van der Waals surface area contributed by atoms with E-state index in [0.29, 0.717) is 52.8 Å². The molecule has 180 valence electrons. The van der Waals surface area contributed by atoms with E-state index in [4.69, 9.17) is 0 Å². The molecule has 0 aromatic carbocycles. The van der Waals surface area contributed by atoms with Crippen molar-refractivity contribution in [2.24, 2.45) is 56.7 Å². The van der Waals surface area contributed by atoms with Crippen molar-refractivity contribution in [3.05, 3.63) is 12.2 Å². The predicted molar refractivity (Wildman–Crippen MR) is 131 cm³/mol. The topological polar surface area (TPSA) is 37.3 Å². The fourth-order valence-electron chi connectivity index (χ4n) is 11.4. The first kappa shape index (κ1) is 23.1. The van der Waals surface area contributed by atoms with Gasteiger partial charge in [0.05, 0.1) is 0 Å². The summed E-state index contributed by atoms with van der Waals surface area (Å²) in [5, 5.41) is 10.6. The monoisotopic (exact) mass is 440 g/mol. The predicted octanol–water partition coefficient (Wildman–Crippen LogP) is 7.21. The van der Waals surface area contributed by atoms with Gasteiger partial charge >= 0.3 is 0 Å². The minimum Gasteiger partial charge on any atom is -0.396 e. The second-order valence-electron chi connectivity index (χ2n) is 14.4. The second-order valence-corrected chi connectivity index (χ2v) is 14.4. The van der Waals surface area contributed by atoms with Crippen LogP contribution in [0, 0.1) is 56.7 Å². The number of hydrogen-bond acceptors (Lipinski definition) is 2. The van der Waals surface area contributed by atoms with Crippen LogP contribution in [-0.4, -0.2) is 17.5 Å². The normalized spacial score (nSPS) is 54.2. The van der Waals surface area contributed by atoms with Gasteiger partial charge in [0, 0.05) is 18.4 Å². The van der Waals surface area contributed by atoms with Gasteiger partial charge < -0.3 is 5.11 Å². The highest BCUT2D eigenvalue weighted by Gasteiger charge is 2.70. The van der Waals surface area contributed by atoms with Crippen LogP contribution in [0.25, 0.3) is 0 Å². The average Bonchev–Trinajstić information content (AvgIpc) is 3.12. The summed E-state index contributed by atoms with van der Waals surface area (Å²) in [4.78, 5) is 12.9. The fourth-order valence-corrected chi connectivity index (χ4v) is 11.4. The Balaban J connectivity index is 1.56. The third-order valence-electron chi connectivity index (χ3n) is 13.3. The third-order valence-corrected chi connectivity index (χ3v) is 13.3. The van der Waals surface area contributed by atoms with Crippen LogP contribution in [0.5, 0.6) is 0 Å². The molecule has 0 aromatic heterocycles. The Morgan fingerprint density at radius 2 is 1.62 bits per heavy atom. The Morgan fingerprint density at radius 3 is 2.28 bits per heavy atom. The molecule has 0 heterocycles. The molecule has 2 heteroatoms. The first-order valence-electron chi connectivity index (χ1n) is 13.7. The molecule has 0 amide bonds. The first-order chi connectivity index (χ1) is 14.9. The van der Waals surface area contributed by atoms with Gasteiger partial charge in [-0.2, -0.15) is 0 Å². The maximum Gasteiger partial charge on any atom is 0.138 e. The number of carbonyl (C=O) groups excluding carboxylic acids is 1. The van der Waals surface area contributed by atoms with Crippen molar-refractivity contribution >= 4 is 5.78 Å². The van der Waals surface area contributed by atoms with E-state index in [1.807, 2.05) is 0 Å². The highest BCUT2D eigenvalue weighted by Crippen LogP contribution is 2.77. The van der Waals surface area contributed by atoms with Crippen molar-refractivity contribution in [2.75, 3.05) is 6.61 Å². The number of rotatable bonds is 2. The van der Waals surface area contributed by atoms with Crippen molar-refractivity contribution in [1.82, 2.24) is 0 Å². The van der Waals surface area contributed by atoms with Crippen LogP contribution in [0.15, 0.2) is 12.2 Å². The SMILES string of the molecule is C=C(C)[C@@H]1CC[C@]2(CO)CC[C@]3(C)[C@H](CC[C@@H]4[C@@]5(C)CCC(=O)C(C)(C)C5CC[C@]43C)[C@@H]12. The minimum atomic E-state index is -0.165. The third kappa shape index (κ3) is 2.60. The van der Waals surface area contributed by atoms with Gasteiger partial charge in [0.2, 0.25) is 0 Å². The molecule has 1 unspecified atom stereocenters. The number of carbonyl (C=O) groups is 1. The molecule has 32 heavy (non-hydrogen) atoms. The van der Waals surface area contributed by atoms with E-state index in [2.05, 4.69) is 48.1 Å². The number of Topliss-reactive ketones (excluding diaryl/α,β-unsaturated/α-hetero) is 1. The summed E-state index contributed by atoms with van der Waals surface area (Å²) in [6.45, 7) is 19.4. The summed E-state index contributed by atoms with van der Waals surface area (Å²) in [5.41, 5.74) is 2.27.